The molecule has 0 bridgehead atoms. The molecule has 14 nitrogen and oxygen atoms in total. The molecule has 0 aromatic rings. The number of unbranched alkanes of at least 4 members (excludes halogenated alkanes) is 23. The summed E-state index contributed by atoms with van der Waals surface area (Å²) in [4.78, 5) is 13.1. The van der Waals surface area contributed by atoms with Crippen LogP contribution in [-0.2, 0) is 23.7 Å². The van der Waals surface area contributed by atoms with Crippen molar-refractivity contribution in [1.29, 1.82) is 0 Å². The Morgan fingerprint density at radius 2 is 1.00 bits per heavy atom. The van der Waals surface area contributed by atoms with Crippen LogP contribution in [0.25, 0.3) is 0 Å². The number of hydrogen-bond acceptors (Lipinski definition) is 13. The Hall–Kier alpha value is -1.53. The highest BCUT2D eigenvalue weighted by atomic mass is 16.7. The molecule has 0 radical (unpaired) electrons. The van der Waals surface area contributed by atoms with Gasteiger partial charge in [-0.2, -0.15) is 0 Å². The molecular formula is C49H91NO13. The van der Waals surface area contributed by atoms with Crippen LogP contribution < -0.4 is 5.32 Å². The van der Waals surface area contributed by atoms with Crippen molar-refractivity contribution in [2.75, 3.05) is 19.8 Å². The first-order valence-electron chi connectivity index (χ1n) is 25.1. The first kappa shape index (κ1) is 57.6. The lowest BCUT2D eigenvalue weighted by molar-refractivity contribution is -0.359. The summed E-state index contributed by atoms with van der Waals surface area (Å²) >= 11 is 0. The molecule has 1 amide bonds. The van der Waals surface area contributed by atoms with E-state index >= 15 is 0 Å². The second-order valence-corrected chi connectivity index (χ2v) is 17.9. The van der Waals surface area contributed by atoms with Gasteiger partial charge in [0.05, 0.1) is 32.0 Å². The van der Waals surface area contributed by atoms with Crippen LogP contribution >= 0.6 is 0 Å². The first-order chi connectivity index (χ1) is 30.6. The van der Waals surface area contributed by atoms with Gasteiger partial charge in [-0.15, -0.1) is 0 Å². The van der Waals surface area contributed by atoms with Crippen LogP contribution in [0.4, 0.5) is 0 Å². The number of amides is 1. The molecule has 12 unspecified atom stereocenters. The van der Waals surface area contributed by atoms with Crippen molar-refractivity contribution < 1.29 is 64.6 Å². The van der Waals surface area contributed by atoms with E-state index in [2.05, 4.69) is 31.3 Å². The molecule has 0 aromatic heterocycles. The van der Waals surface area contributed by atoms with Gasteiger partial charge in [0.1, 0.15) is 48.8 Å². The number of nitrogens with one attached hydrogen (secondary N) is 1. The van der Waals surface area contributed by atoms with E-state index in [1.54, 1.807) is 6.08 Å². The van der Waals surface area contributed by atoms with Gasteiger partial charge in [-0.1, -0.05) is 160 Å². The maximum atomic E-state index is 13.1. The Bertz CT molecular complexity index is 1160. The predicted octanol–water partition coefficient (Wildman–Crippen LogP) is 6.16. The normalized spacial score (nSPS) is 27.7. The van der Waals surface area contributed by atoms with E-state index < -0.39 is 86.8 Å². The number of hydrogen-bond donors (Lipinski definition) is 9. The number of carbonyl (C=O) groups excluding carboxylic acids is 1. The summed E-state index contributed by atoms with van der Waals surface area (Å²) in [5.74, 6) is -0.250. The van der Waals surface area contributed by atoms with Gasteiger partial charge in [0.2, 0.25) is 5.91 Å². The fourth-order valence-corrected chi connectivity index (χ4v) is 8.23. The van der Waals surface area contributed by atoms with E-state index in [0.717, 1.165) is 57.8 Å². The molecule has 2 fully saturated rings. The lowest BCUT2D eigenvalue weighted by Gasteiger charge is -2.46. The van der Waals surface area contributed by atoms with Crippen LogP contribution in [0.1, 0.15) is 187 Å². The third-order valence-corrected chi connectivity index (χ3v) is 12.4. The lowest BCUT2D eigenvalue weighted by Crippen LogP contribution is -2.65. The Morgan fingerprint density at radius 1 is 0.556 bits per heavy atom. The van der Waals surface area contributed by atoms with E-state index in [-0.39, 0.29) is 18.9 Å². The minimum Gasteiger partial charge on any atom is -0.394 e. The Morgan fingerprint density at radius 3 is 1.52 bits per heavy atom. The average molecular weight is 902 g/mol. The van der Waals surface area contributed by atoms with E-state index in [4.69, 9.17) is 18.9 Å². The molecule has 63 heavy (non-hydrogen) atoms. The molecule has 2 aliphatic rings. The minimum atomic E-state index is -1.79. The van der Waals surface area contributed by atoms with Gasteiger partial charge in [-0.05, 0) is 44.9 Å². The van der Waals surface area contributed by atoms with E-state index in [9.17, 15) is 45.6 Å². The first-order valence-corrected chi connectivity index (χ1v) is 25.1. The van der Waals surface area contributed by atoms with Crippen molar-refractivity contribution in [3.8, 4) is 0 Å². The molecule has 12 atom stereocenters. The Labute approximate surface area is 379 Å². The number of rotatable bonds is 38. The standard InChI is InChI=1S/C49H91NO13/c1-3-5-7-9-11-13-15-17-18-19-21-22-24-26-28-30-32-38(53)37(50-41(54)33-31-29-27-25-23-20-16-14-12-10-8-6-4-2)36-60-48-46(59)44(57)47(40(35-52)62-48)63-49-45(58)43(56)42(55)39(34-51)61-49/h14,16,30,32,37-40,42-49,51-53,55-59H,3-13,15,17-29,31,33-36H2,1-2H3,(H,50,54)/b16-14-,32-30+. The van der Waals surface area contributed by atoms with Crippen molar-refractivity contribution in [2.45, 2.75) is 261 Å². The molecule has 9 N–H and O–H groups in total. The third-order valence-electron chi connectivity index (χ3n) is 12.4. The zero-order chi connectivity index (χ0) is 46.1. The largest absolute Gasteiger partial charge is 0.394 e. The maximum absolute atomic E-state index is 13.1. The molecule has 370 valence electrons. The second-order valence-electron chi connectivity index (χ2n) is 17.9. The number of allylic oxidation sites excluding steroid dienone is 3. The average Bonchev–Trinajstić information content (AvgIpc) is 3.28. The van der Waals surface area contributed by atoms with Gasteiger partial charge in [-0.3, -0.25) is 4.79 Å². The van der Waals surface area contributed by atoms with Gasteiger partial charge in [-0.25, -0.2) is 0 Å². The van der Waals surface area contributed by atoms with E-state index in [0.29, 0.717) is 6.42 Å². The molecular weight excluding hydrogens is 811 g/mol. The fraction of sp³-hybridized carbons (Fsp3) is 0.898. The molecule has 0 spiro atoms. The van der Waals surface area contributed by atoms with Gasteiger partial charge < -0.3 is 65.1 Å². The Kier molecular flexibility index (Phi) is 33.4. The Balaban J connectivity index is 1.87. The highest BCUT2D eigenvalue weighted by Gasteiger charge is 2.51. The van der Waals surface area contributed by atoms with Gasteiger partial charge in [0.25, 0.3) is 0 Å². The molecule has 0 aliphatic carbocycles. The highest BCUT2D eigenvalue weighted by molar-refractivity contribution is 5.76. The summed E-state index contributed by atoms with van der Waals surface area (Å²) in [6.45, 7) is 2.76. The van der Waals surface area contributed by atoms with E-state index in [1.165, 1.54) is 103 Å². The SMILES string of the molecule is CCCCCC/C=C\CCCCCCCC(=O)NC(COC1OC(CO)C(OC2OC(CO)C(O)C(O)C2O)C(O)C1O)C(O)/C=C/CCCCCCCCCCCCCCCC. The van der Waals surface area contributed by atoms with Crippen LogP contribution in [0.15, 0.2) is 24.3 Å². The van der Waals surface area contributed by atoms with Crippen molar-refractivity contribution in [2.24, 2.45) is 0 Å². The number of aliphatic hydroxyl groups excluding tert-OH is 8. The molecule has 0 aromatic carbocycles. The van der Waals surface area contributed by atoms with Crippen LogP contribution in [-0.4, -0.2) is 140 Å². The van der Waals surface area contributed by atoms with Gasteiger partial charge in [0, 0.05) is 6.42 Å². The molecule has 14 heteroatoms. The molecule has 2 saturated heterocycles. The van der Waals surface area contributed by atoms with Gasteiger partial charge in [0.15, 0.2) is 12.6 Å². The monoisotopic (exact) mass is 902 g/mol. The summed E-state index contributed by atoms with van der Waals surface area (Å²) in [5, 5.41) is 86.6. The van der Waals surface area contributed by atoms with Crippen molar-refractivity contribution in [3.63, 3.8) is 0 Å². The summed E-state index contributed by atoms with van der Waals surface area (Å²) in [6, 6.07) is -0.914. The quantitative estimate of drug-likeness (QED) is 0.0250. The number of aliphatic hydroxyl groups is 8. The third kappa shape index (κ3) is 24.2. The summed E-state index contributed by atoms with van der Waals surface area (Å²) < 4.78 is 22.7. The predicted molar refractivity (Wildman–Crippen MR) is 245 cm³/mol. The van der Waals surface area contributed by atoms with Crippen molar-refractivity contribution >= 4 is 5.91 Å². The smallest absolute Gasteiger partial charge is 0.220 e. The zero-order valence-corrected chi connectivity index (χ0v) is 39.1. The molecule has 2 heterocycles. The number of ether oxygens (including phenoxy) is 4. The maximum Gasteiger partial charge on any atom is 0.220 e. The summed E-state index contributed by atoms with van der Waals surface area (Å²) in [6.07, 6.45) is 22.1. The second kappa shape index (κ2) is 36.6. The van der Waals surface area contributed by atoms with Crippen LogP contribution in [0.5, 0.6) is 0 Å². The molecule has 2 aliphatic heterocycles. The fourth-order valence-electron chi connectivity index (χ4n) is 8.23. The molecule has 2 rings (SSSR count). The highest BCUT2D eigenvalue weighted by Crippen LogP contribution is 2.30. The lowest BCUT2D eigenvalue weighted by atomic mass is 9.97. The summed E-state index contributed by atoms with van der Waals surface area (Å²) in [5.41, 5.74) is 0. The summed E-state index contributed by atoms with van der Waals surface area (Å²) in [7, 11) is 0. The zero-order valence-electron chi connectivity index (χ0n) is 39.1. The van der Waals surface area contributed by atoms with Crippen LogP contribution in [0, 0.1) is 0 Å². The minimum absolute atomic E-state index is 0.250. The number of carbonyl (C=O) groups is 1. The molecule has 0 saturated carbocycles. The van der Waals surface area contributed by atoms with Crippen molar-refractivity contribution in [1.82, 2.24) is 5.32 Å². The van der Waals surface area contributed by atoms with E-state index in [1.807, 2.05) is 6.08 Å². The van der Waals surface area contributed by atoms with Crippen LogP contribution in [0.3, 0.4) is 0 Å². The van der Waals surface area contributed by atoms with Crippen LogP contribution in [0.2, 0.25) is 0 Å². The topological polar surface area (TPSA) is 228 Å². The van der Waals surface area contributed by atoms with Gasteiger partial charge >= 0.3 is 0 Å². The van der Waals surface area contributed by atoms with Crippen molar-refractivity contribution in [3.05, 3.63) is 24.3 Å².